The van der Waals surface area contributed by atoms with Gasteiger partial charge in [-0.1, -0.05) is 18.2 Å². The molecular formula is C28H30FN5O4S. The fourth-order valence-corrected chi connectivity index (χ4v) is 7.25. The summed E-state index contributed by atoms with van der Waals surface area (Å²) in [7, 11) is 0. The van der Waals surface area contributed by atoms with Crippen LogP contribution in [0.15, 0.2) is 46.1 Å². The number of pyridine rings is 1. The zero-order valence-electron chi connectivity index (χ0n) is 21.5. The zero-order valence-corrected chi connectivity index (χ0v) is 22.3. The number of carbonyl (C=O) groups is 2. The van der Waals surface area contributed by atoms with Crippen LogP contribution in [0.1, 0.15) is 66.5 Å². The van der Waals surface area contributed by atoms with Crippen molar-refractivity contribution in [3.05, 3.63) is 74.3 Å². The lowest BCUT2D eigenvalue weighted by Gasteiger charge is -2.32. The number of nitrogens with one attached hydrogen (secondary N) is 1. The Morgan fingerprint density at radius 3 is 2.46 bits per heavy atom. The first-order valence-corrected chi connectivity index (χ1v) is 14.6. The number of halogens is 1. The van der Waals surface area contributed by atoms with Gasteiger partial charge in [-0.05, 0) is 67.7 Å². The number of amides is 2. The summed E-state index contributed by atoms with van der Waals surface area (Å²) in [4.78, 5) is 58.3. The Hall–Kier alpha value is -3.47. The molecule has 3 aliphatic rings. The number of hydrogen-bond donors (Lipinski definition) is 1. The van der Waals surface area contributed by atoms with Crippen LogP contribution in [0, 0.1) is 5.82 Å². The van der Waals surface area contributed by atoms with E-state index in [1.165, 1.54) is 10.6 Å². The molecule has 0 spiro atoms. The smallest absolute Gasteiger partial charge is 0.333 e. The first-order chi connectivity index (χ1) is 18.9. The maximum Gasteiger partial charge on any atom is 0.333 e. The quantitative estimate of drug-likeness (QED) is 0.523. The topological polar surface area (TPSA) is 106 Å². The molecule has 11 heteroatoms. The third-order valence-electron chi connectivity index (χ3n) is 8.14. The van der Waals surface area contributed by atoms with Crippen molar-refractivity contribution in [3.63, 3.8) is 0 Å². The van der Waals surface area contributed by atoms with E-state index in [-0.39, 0.29) is 53.2 Å². The molecule has 6 rings (SSSR count). The summed E-state index contributed by atoms with van der Waals surface area (Å²) < 4.78 is 17.0. The SMILES string of the molecule is O=C(CN1Cc2ccccc2C1=O)N[C@H]1CC[C@@H](n2c(=O)c3cc(F)cnc3n(C3CCSCC3)c2=O)CC1. The number of carbonyl (C=O) groups excluding carboxylic acids is 2. The van der Waals surface area contributed by atoms with Crippen LogP contribution in [-0.2, 0) is 11.3 Å². The predicted octanol–water partition coefficient (Wildman–Crippen LogP) is 3.02. The monoisotopic (exact) mass is 551 g/mol. The third kappa shape index (κ3) is 4.88. The molecule has 9 nitrogen and oxygen atoms in total. The van der Waals surface area contributed by atoms with E-state index < -0.39 is 11.4 Å². The van der Waals surface area contributed by atoms with Crippen molar-refractivity contribution in [2.24, 2.45) is 0 Å². The summed E-state index contributed by atoms with van der Waals surface area (Å²) in [6, 6.07) is 8.01. The number of hydrogen-bond acceptors (Lipinski definition) is 6. The first kappa shape index (κ1) is 25.8. The van der Waals surface area contributed by atoms with Crippen LogP contribution in [-0.4, -0.2) is 54.9 Å². The van der Waals surface area contributed by atoms with Crippen LogP contribution in [0.2, 0.25) is 0 Å². The molecule has 3 aromatic rings. The van der Waals surface area contributed by atoms with Crippen LogP contribution in [0.25, 0.3) is 11.0 Å². The van der Waals surface area contributed by atoms with E-state index in [9.17, 15) is 23.6 Å². The van der Waals surface area contributed by atoms with Gasteiger partial charge in [0.05, 0.1) is 11.6 Å². The van der Waals surface area contributed by atoms with Gasteiger partial charge in [0.1, 0.15) is 18.0 Å². The second kappa shape index (κ2) is 10.6. The second-order valence-corrected chi connectivity index (χ2v) is 11.8. The van der Waals surface area contributed by atoms with Gasteiger partial charge in [-0.15, -0.1) is 0 Å². The van der Waals surface area contributed by atoms with Crippen molar-refractivity contribution in [2.75, 3.05) is 18.1 Å². The molecule has 2 aromatic heterocycles. The molecular weight excluding hydrogens is 521 g/mol. The molecule has 2 amide bonds. The highest BCUT2D eigenvalue weighted by atomic mass is 32.2. The Balaban J connectivity index is 1.17. The molecule has 1 saturated heterocycles. The summed E-state index contributed by atoms with van der Waals surface area (Å²) >= 11 is 1.83. The number of nitrogens with zero attached hydrogens (tertiary/aromatic N) is 4. The van der Waals surface area contributed by atoms with E-state index >= 15 is 0 Å². The maximum absolute atomic E-state index is 14.1. The summed E-state index contributed by atoms with van der Waals surface area (Å²) in [6.45, 7) is 0.405. The molecule has 0 atom stereocenters. The minimum atomic E-state index is -0.610. The van der Waals surface area contributed by atoms with Gasteiger partial charge in [0.2, 0.25) is 5.91 Å². The maximum atomic E-state index is 14.1. The van der Waals surface area contributed by atoms with Crippen molar-refractivity contribution in [3.8, 4) is 0 Å². The van der Waals surface area contributed by atoms with Gasteiger partial charge >= 0.3 is 5.69 Å². The van der Waals surface area contributed by atoms with E-state index in [1.807, 2.05) is 30.0 Å². The van der Waals surface area contributed by atoms with E-state index in [1.54, 1.807) is 15.5 Å². The van der Waals surface area contributed by atoms with Gasteiger partial charge in [-0.25, -0.2) is 14.2 Å². The fourth-order valence-electron chi connectivity index (χ4n) is 6.17. The van der Waals surface area contributed by atoms with E-state index in [0.29, 0.717) is 37.8 Å². The Morgan fingerprint density at radius 2 is 1.72 bits per heavy atom. The average molecular weight is 552 g/mol. The van der Waals surface area contributed by atoms with Crippen LogP contribution >= 0.6 is 11.8 Å². The Bertz CT molecular complexity index is 1560. The van der Waals surface area contributed by atoms with Gasteiger partial charge in [-0.3, -0.25) is 23.5 Å². The minimum Gasteiger partial charge on any atom is -0.352 e. The normalized spacial score (nSPS) is 21.8. The molecule has 0 radical (unpaired) electrons. The molecule has 0 bridgehead atoms. The largest absolute Gasteiger partial charge is 0.352 e. The highest BCUT2D eigenvalue weighted by Crippen LogP contribution is 2.30. The molecule has 1 N–H and O–H groups in total. The van der Waals surface area contributed by atoms with E-state index in [0.717, 1.165) is 36.1 Å². The van der Waals surface area contributed by atoms with Crippen LogP contribution in [0.3, 0.4) is 0 Å². The van der Waals surface area contributed by atoms with E-state index in [2.05, 4.69) is 10.3 Å². The third-order valence-corrected chi connectivity index (χ3v) is 9.19. The summed E-state index contributed by atoms with van der Waals surface area (Å²) in [6.07, 6.45) is 4.89. The van der Waals surface area contributed by atoms with Gasteiger partial charge in [0, 0.05) is 30.2 Å². The molecule has 39 heavy (non-hydrogen) atoms. The molecule has 2 aliphatic heterocycles. The highest BCUT2D eigenvalue weighted by molar-refractivity contribution is 7.99. The first-order valence-electron chi connectivity index (χ1n) is 13.5. The number of rotatable bonds is 5. The van der Waals surface area contributed by atoms with Gasteiger partial charge < -0.3 is 10.2 Å². The zero-order chi connectivity index (χ0) is 27.1. The minimum absolute atomic E-state index is 0.0134. The molecule has 204 valence electrons. The van der Waals surface area contributed by atoms with Gasteiger partial charge in [0.15, 0.2) is 0 Å². The summed E-state index contributed by atoms with van der Waals surface area (Å²) in [5, 5.41) is 3.15. The van der Waals surface area contributed by atoms with Crippen molar-refractivity contribution >= 4 is 34.6 Å². The molecule has 1 saturated carbocycles. The van der Waals surface area contributed by atoms with Gasteiger partial charge in [-0.2, -0.15) is 11.8 Å². The van der Waals surface area contributed by atoms with E-state index in [4.69, 9.17) is 0 Å². The summed E-state index contributed by atoms with van der Waals surface area (Å²) in [5.74, 6) is 0.861. The summed E-state index contributed by atoms with van der Waals surface area (Å²) in [5.41, 5.74) is 0.911. The Labute approximate surface area is 228 Å². The molecule has 1 aliphatic carbocycles. The van der Waals surface area contributed by atoms with Crippen molar-refractivity contribution < 1.29 is 14.0 Å². The lowest BCUT2D eigenvalue weighted by molar-refractivity contribution is -0.122. The van der Waals surface area contributed by atoms with Crippen LogP contribution < -0.4 is 16.6 Å². The molecule has 1 aromatic carbocycles. The standard InChI is InChI=1S/C28H30FN5O4S/c29-18-13-23-25(30-14-18)33(21-9-11-39-12-10-21)28(38)34(27(23)37)20-7-5-19(6-8-20)31-24(35)16-32-15-17-3-1-2-4-22(17)26(32)36/h1-4,13-14,19-21H,5-12,15-16H2,(H,31,35)/t19-,20+. The lowest BCUT2D eigenvalue weighted by atomic mass is 9.91. The fraction of sp³-hybridized carbons (Fsp3) is 0.464. The highest BCUT2D eigenvalue weighted by Gasteiger charge is 2.31. The number of thioether (sulfide) groups is 1. The van der Waals surface area contributed by atoms with Crippen LogP contribution in [0.4, 0.5) is 4.39 Å². The Kier molecular flexibility index (Phi) is 7.01. The second-order valence-electron chi connectivity index (χ2n) is 10.6. The molecule has 2 fully saturated rings. The van der Waals surface area contributed by atoms with Crippen molar-refractivity contribution in [2.45, 2.75) is 63.2 Å². The van der Waals surface area contributed by atoms with Crippen molar-refractivity contribution in [1.29, 1.82) is 0 Å². The van der Waals surface area contributed by atoms with Crippen molar-refractivity contribution in [1.82, 2.24) is 24.3 Å². The molecule has 0 unspecified atom stereocenters. The Morgan fingerprint density at radius 1 is 1.00 bits per heavy atom. The number of aromatic nitrogens is 3. The molecule has 4 heterocycles. The van der Waals surface area contributed by atoms with Crippen LogP contribution in [0.5, 0.6) is 0 Å². The number of benzene rings is 1. The average Bonchev–Trinajstić information content (AvgIpc) is 3.25. The van der Waals surface area contributed by atoms with Gasteiger partial charge in [0.25, 0.3) is 11.5 Å². The number of fused-ring (bicyclic) bond motifs is 2. The lowest BCUT2D eigenvalue weighted by Crippen LogP contribution is -2.47. The predicted molar refractivity (Wildman–Crippen MR) is 146 cm³/mol.